The Balaban J connectivity index is 1.44. The number of nitrogens with zero attached hydrogens (tertiary/aromatic N) is 3. The van der Waals surface area contributed by atoms with Gasteiger partial charge in [0.2, 0.25) is 11.9 Å². The second-order valence-corrected chi connectivity index (χ2v) is 7.57. The number of amides is 2. The van der Waals surface area contributed by atoms with E-state index >= 15 is 0 Å². The van der Waals surface area contributed by atoms with Crippen LogP contribution in [0.2, 0.25) is 5.02 Å². The summed E-state index contributed by atoms with van der Waals surface area (Å²) in [5.41, 5.74) is 8.33. The molecule has 1 fully saturated rings. The van der Waals surface area contributed by atoms with Crippen molar-refractivity contribution in [1.82, 2.24) is 20.2 Å². The zero-order chi connectivity index (χ0) is 21.8. The molecule has 158 valence electrons. The number of anilines is 2. The molecule has 0 saturated carbocycles. The van der Waals surface area contributed by atoms with E-state index in [0.29, 0.717) is 29.6 Å². The quantitative estimate of drug-likeness (QED) is 0.566. The molecule has 2 aromatic carbocycles. The summed E-state index contributed by atoms with van der Waals surface area (Å²) in [4.78, 5) is 34.6. The Kier molecular flexibility index (Phi) is 6.11. The van der Waals surface area contributed by atoms with E-state index in [1.807, 2.05) is 30.3 Å². The van der Waals surface area contributed by atoms with E-state index in [2.05, 4.69) is 20.6 Å². The Bertz CT molecular complexity index is 1090. The number of nitrogens with two attached hydrogens (primary N) is 1. The maximum absolute atomic E-state index is 12.8. The van der Waals surface area contributed by atoms with Gasteiger partial charge >= 0.3 is 0 Å². The van der Waals surface area contributed by atoms with Crippen molar-refractivity contribution >= 4 is 35.1 Å². The highest BCUT2D eigenvalue weighted by molar-refractivity contribution is 6.30. The fourth-order valence-corrected chi connectivity index (χ4v) is 3.46. The van der Waals surface area contributed by atoms with Gasteiger partial charge in [0.25, 0.3) is 5.91 Å². The lowest BCUT2D eigenvalue weighted by Gasteiger charge is -2.32. The molecule has 1 aliphatic rings. The molecule has 4 rings (SSSR count). The summed E-state index contributed by atoms with van der Waals surface area (Å²) in [6, 6.07) is 15.8. The topological polar surface area (TPSA) is 113 Å². The molecule has 1 aliphatic heterocycles. The highest BCUT2D eigenvalue weighted by Gasteiger charge is 2.27. The summed E-state index contributed by atoms with van der Waals surface area (Å²) in [6.45, 7) is 1.31. The zero-order valence-electron chi connectivity index (χ0n) is 16.6. The van der Waals surface area contributed by atoms with Crippen molar-refractivity contribution in [3.05, 3.63) is 71.4 Å². The molecule has 1 aromatic heterocycles. The molecule has 0 bridgehead atoms. The van der Waals surface area contributed by atoms with Crippen molar-refractivity contribution in [2.75, 3.05) is 25.0 Å². The molecule has 31 heavy (non-hydrogen) atoms. The fourth-order valence-electron chi connectivity index (χ4n) is 3.33. The number of nitrogens with one attached hydrogen (secondary N) is 2. The van der Waals surface area contributed by atoms with Gasteiger partial charge in [-0.2, -0.15) is 0 Å². The SMILES string of the molecule is NC(=O)[C@H]1CN(C(=O)c2ccc(Nc3nccc(-c4ccc(Cl)cc4)n3)cc2)CCN1. The molecule has 4 N–H and O–H groups in total. The smallest absolute Gasteiger partial charge is 0.253 e. The number of carbonyl (C=O) groups is 2. The first kappa shape index (κ1) is 20.8. The van der Waals surface area contributed by atoms with E-state index < -0.39 is 11.9 Å². The van der Waals surface area contributed by atoms with Gasteiger partial charge in [0.1, 0.15) is 6.04 Å². The lowest BCUT2D eigenvalue weighted by molar-refractivity contribution is -0.120. The third-order valence-electron chi connectivity index (χ3n) is 4.99. The minimum absolute atomic E-state index is 0.139. The van der Waals surface area contributed by atoms with Crippen LogP contribution in [-0.4, -0.2) is 52.4 Å². The van der Waals surface area contributed by atoms with Crippen LogP contribution < -0.4 is 16.4 Å². The first-order chi connectivity index (χ1) is 15.0. The minimum Gasteiger partial charge on any atom is -0.368 e. The highest BCUT2D eigenvalue weighted by atomic mass is 35.5. The number of carbonyl (C=O) groups excluding carboxylic acids is 2. The van der Waals surface area contributed by atoms with Crippen molar-refractivity contribution in [3.63, 3.8) is 0 Å². The number of hydrogen-bond acceptors (Lipinski definition) is 6. The second kappa shape index (κ2) is 9.11. The van der Waals surface area contributed by atoms with Crippen LogP contribution in [0.15, 0.2) is 60.8 Å². The maximum Gasteiger partial charge on any atom is 0.253 e. The van der Waals surface area contributed by atoms with Gasteiger partial charge in [-0.05, 0) is 42.5 Å². The fraction of sp³-hybridized carbons (Fsp3) is 0.182. The Morgan fingerprint density at radius 1 is 1.10 bits per heavy atom. The molecule has 9 heteroatoms. The molecule has 0 aliphatic carbocycles. The summed E-state index contributed by atoms with van der Waals surface area (Å²) < 4.78 is 0. The normalized spacial score (nSPS) is 16.0. The van der Waals surface area contributed by atoms with Gasteiger partial charge in [-0.3, -0.25) is 9.59 Å². The number of aromatic nitrogens is 2. The van der Waals surface area contributed by atoms with Crippen LogP contribution in [0.1, 0.15) is 10.4 Å². The van der Waals surface area contributed by atoms with Gasteiger partial charge in [0.15, 0.2) is 0 Å². The number of piperazine rings is 1. The van der Waals surface area contributed by atoms with Crippen LogP contribution in [0.4, 0.5) is 11.6 Å². The Hall–Kier alpha value is -3.49. The third-order valence-corrected chi connectivity index (χ3v) is 5.24. The van der Waals surface area contributed by atoms with Gasteiger partial charge in [0, 0.05) is 47.7 Å². The molecule has 8 nitrogen and oxygen atoms in total. The van der Waals surface area contributed by atoms with Crippen molar-refractivity contribution in [1.29, 1.82) is 0 Å². The average molecular weight is 437 g/mol. The monoisotopic (exact) mass is 436 g/mol. The molecule has 1 saturated heterocycles. The van der Waals surface area contributed by atoms with E-state index in [9.17, 15) is 9.59 Å². The number of rotatable bonds is 5. The van der Waals surface area contributed by atoms with Crippen LogP contribution >= 0.6 is 11.6 Å². The molecule has 2 heterocycles. The number of hydrogen-bond donors (Lipinski definition) is 3. The Labute approximate surface area is 184 Å². The van der Waals surface area contributed by atoms with Crippen molar-refractivity contribution in [2.45, 2.75) is 6.04 Å². The van der Waals surface area contributed by atoms with E-state index in [-0.39, 0.29) is 12.5 Å². The number of benzene rings is 2. The molecular formula is C22H21ClN6O2. The molecule has 3 aromatic rings. The van der Waals surface area contributed by atoms with Crippen LogP contribution in [0.3, 0.4) is 0 Å². The lowest BCUT2D eigenvalue weighted by Crippen LogP contribution is -2.57. The van der Waals surface area contributed by atoms with Gasteiger partial charge in [0.05, 0.1) is 5.69 Å². The standard InChI is InChI=1S/C22H21ClN6O2/c23-16-5-1-14(2-6-16)18-9-10-26-22(28-18)27-17-7-3-15(4-8-17)21(31)29-12-11-25-19(13-29)20(24)30/h1-10,19,25H,11-13H2,(H2,24,30)(H,26,27,28)/t19-/m1/s1. The van der Waals surface area contributed by atoms with Gasteiger partial charge in [-0.1, -0.05) is 23.7 Å². The zero-order valence-corrected chi connectivity index (χ0v) is 17.3. The molecular weight excluding hydrogens is 416 g/mol. The number of halogens is 1. The largest absolute Gasteiger partial charge is 0.368 e. The van der Waals surface area contributed by atoms with Crippen LogP contribution in [0.5, 0.6) is 0 Å². The Morgan fingerprint density at radius 3 is 2.55 bits per heavy atom. The number of primary amides is 1. The van der Waals surface area contributed by atoms with Crippen molar-refractivity contribution in [3.8, 4) is 11.3 Å². The van der Waals surface area contributed by atoms with E-state index in [4.69, 9.17) is 17.3 Å². The molecule has 1 atom stereocenters. The highest BCUT2D eigenvalue weighted by Crippen LogP contribution is 2.22. The maximum atomic E-state index is 12.8. The van der Waals surface area contributed by atoms with Gasteiger partial charge in [-0.25, -0.2) is 9.97 Å². The van der Waals surface area contributed by atoms with E-state index in [1.54, 1.807) is 35.4 Å². The van der Waals surface area contributed by atoms with Gasteiger partial charge in [-0.15, -0.1) is 0 Å². The van der Waals surface area contributed by atoms with Crippen LogP contribution in [0.25, 0.3) is 11.3 Å². The summed E-state index contributed by atoms with van der Waals surface area (Å²) >= 11 is 5.95. The molecule has 0 unspecified atom stereocenters. The summed E-state index contributed by atoms with van der Waals surface area (Å²) in [6.07, 6.45) is 1.68. The predicted octanol–water partition coefficient (Wildman–Crippen LogP) is 2.44. The molecule has 0 radical (unpaired) electrons. The van der Waals surface area contributed by atoms with E-state index in [0.717, 1.165) is 16.9 Å². The summed E-state index contributed by atoms with van der Waals surface area (Å²) in [5, 5.41) is 6.82. The first-order valence-corrected chi connectivity index (χ1v) is 10.2. The average Bonchev–Trinajstić information content (AvgIpc) is 2.80. The summed E-state index contributed by atoms with van der Waals surface area (Å²) in [5.74, 6) is -0.156. The van der Waals surface area contributed by atoms with Gasteiger partial charge < -0.3 is 21.3 Å². The molecule has 0 spiro atoms. The van der Waals surface area contributed by atoms with Crippen molar-refractivity contribution in [2.24, 2.45) is 5.73 Å². The Morgan fingerprint density at radius 2 is 1.84 bits per heavy atom. The first-order valence-electron chi connectivity index (χ1n) is 9.77. The summed E-state index contributed by atoms with van der Waals surface area (Å²) in [7, 11) is 0. The lowest BCUT2D eigenvalue weighted by atomic mass is 10.1. The minimum atomic E-state index is -0.524. The third kappa shape index (κ3) is 4.99. The second-order valence-electron chi connectivity index (χ2n) is 7.13. The van der Waals surface area contributed by atoms with Crippen LogP contribution in [-0.2, 0) is 4.79 Å². The predicted molar refractivity (Wildman–Crippen MR) is 119 cm³/mol. The van der Waals surface area contributed by atoms with E-state index in [1.165, 1.54) is 0 Å². The van der Waals surface area contributed by atoms with Crippen molar-refractivity contribution < 1.29 is 9.59 Å². The molecule has 2 amide bonds. The van der Waals surface area contributed by atoms with Crippen LogP contribution in [0, 0.1) is 0 Å².